The lowest BCUT2D eigenvalue weighted by Gasteiger charge is -2.19. The molecule has 0 bridgehead atoms. The number of aryl methyl sites for hydroxylation is 1. The lowest BCUT2D eigenvalue weighted by molar-refractivity contribution is -0.119. The van der Waals surface area contributed by atoms with E-state index in [1.54, 1.807) is 29.9 Å². The highest BCUT2D eigenvalue weighted by Crippen LogP contribution is 2.30. The number of halogens is 1. The monoisotopic (exact) mass is 383 g/mol. The first-order valence-corrected chi connectivity index (χ1v) is 8.80. The molecule has 4 rings (SSSR count). The summed E-state index contributed by atoms with van der Waals surface area (Å²) in [5.74, 6) is -0.00437. The molecule has 2 atom stereocenters. The molecule has 6 heteroatoms. The van der Waals surface area contributed by atoms with E-state index in [1.807, 2.05) is 30.3 Å². The Morgan fingerprint density at radius 1 is 1.04 bits per heavy atom. The number of fused-ring (bicyclic) bond motifs is 1. The quantitative estimate of drug-likeness (QED) is 0.731. The lowest BCUT2D eigenvalue weighted by atomic mass is 9.88. The zero-order valence-electron chi connectivity index (χ0n) is 15.0. The number of aromatic nitrogens is 1. The topological polar surface area (TPSA) is 63.1 Å². The summed E-state index contributed by atoms with van der Waals surface area (Å²) in [5.41, 5.74) is 1.79. The molecule has 2 N–H and O–H groups in total. The summed E-state index contributed by atoms with van der Waals surface area (Å²) in [4.78, 5) is 25.3. The van der Waals surface area contributed by atoms with Crippen LogP contribution in [0.5, 0.6) is 0 Å². The summed E-state index contributed by atoms with van der Waals surface area (Å²) in [5, 5.41) is 7.75. The van der Waals surface area contributed by atoms with Gasteiger partial charge in [0.25, 0.3) is 5.56 Å². The third-order valence-electron chi connectivity index (χ3n) is 5.16. The molecule has 1 aliphatic rings. The summed E-state index contributed by atoms with van der Waals surface area (Å²) < 4.78 is 1.54. The molecule has 140 valence electrons. The maximum atomic E-state index is 13.0. The molecule has 2 unspecified atom stereocenters. The molecule has 0 radical (unpaired) electrons. The minimum absolute atomic E-state index is 0. The molecule has 3 aromatic rings. The predicted molar refractivity (Wildman–Crippen MR) is 111 cm³/mol. The second-order valence-corrected chi connectivity index (χ2v) is 6.77. The fourth-order valence-corrected chi connectivity index (χ4v) is 3.71. The van der Waals surface area contributed by atoms with Gasteiger partial charge in [-0.2, -0.15) is 0 Å². The number of benzene rings is 2. The molecule has 0 spiro atoms. The van der Waals surface area contributed by atoms with E-state index in [0.29, 0.717) is 17.6 Å². The van der Waals surface area contributed by atoms with Crippen molar-refractivity contribution in [1.82, 2.24) is 9.88 Å². The van der Waals surface area contributed by atoms with Crippen molar-refractivity contribution >= 4 is 34.8 Å². The molecular weight excluding hydrogens is 362 g/mol. The van der Waals surface area contributed by atoms with E-state index in [0.717, 1.165) is 11.9 Å². The smallest absolute Gasteiger partial charge is 0.258 e. The second-order valence-electron chi connectivity index (χ2n) is 6.77. The van der Waals surface area contributed by atoms with Crippen LogP contribution in [-0.2, 0) is 11.8 Å². The molecule has 1 saturated heterocycles. The van der Waals surface area contributed by atoms with Gasteiger partial charge >= 0.3 is 0 Å². The van der Waals surface area contributed by atoms with E-state index in [-0.39, 0.29) is 35.7 Å². The van der Waals surface area contributed by atoms with Crippen LogP contribution < -0.4 is 16.2 Å². The third kappa shape index (κ3) is 3.61. The van der Waals surface area contributed by atoms with Gasteiger partial charge in [0.05, 0.1) is 5.92 Å². The SMILES string of the molecule is Cl.Cn1ccc2c(NC(=O)C3CNCC3c3ccccc3)cccc2c1=O. The fourth-order valence-electron chi connectivity index (χ4n) is 3.71. The minimum Gasteiger partial charge on any atom is -0.325 e. The van der Waals surface area contributed by atoms with Crippen LogP contribution in [0.2, 0.25) is 0 Å². The maximum Gasteiger partial charge on any atom is 0.258 e. The Bertz CT molecular complexity index is 1020. The van der Waals surface area contributed by atoms with Crippen molar-refractivity contribution in [1.29, 1.82) is 0 Å². The number of hydrogen-bond acceptors (Lipinski definition) is 3. The van der Waals surface area contributed by atoms with E-state index in [4.69, 9.17) is 0 Å². The zero-order valence-corrected chi connectivity index (χ0v) is 15.8. The molecule has 1 amide bonds. The first-order chi connectivity index (χ1) is 12.6. The van der Waals surface area contributed by atoms with Crippen LogP contribution in [0.25, 0.3) is 10.8 Å². The molecule has 0 saturated carbocycles. The van der Waals surface area contributed by atoms with Crippen LogP contribution in [-0.4, -0.2) is 23.6 Å². The van der Waals surface area contributed by atoms with Crippen molar-refractivity contribution in [2.24, 2.45) is 13.0 Å². The van der Waals surface area contributed by atoms with E-state index in [2.05, 4.69) is 22.8 Å². The van der Waals surface area contributed by atoms with E-state index in [1.165, 1.54) is 5.56 Å². The number of pyridine rings is 1. The molecule has 1 aliphatic heterocycles. The van der Waals surface area contributed by atoms with E-state index < -0.39 is 0 Å². The van der Waals surface area contributed by atoms with Crippen molar-refractivity contribution in [2.45, 2.75) is 5.92 Å². The summed E-state index contributed by atoms with van der Waals surface area (Å²) in [7, 11) is 1.72. The van der Waals surface area contributed by atoms with Crippen molar-refractivity contribution in [3.63, 3.8) is 0 Å². The Hall–Kier alpha value is -2.63. The Morgan fingerprint density at radius 3 is 2.59 bits per heavy atom. The summed E-state index contributed by atoms with van der Waals surface area (Å²) in [6, 6.07) is 17.4. The molecule has 5 nitrogen and oxygen atoms in total. The summed E-state index contributed by atoms with van der Waals surface area (Å²) in [6.45, 7) is 1.44. The van der Waals surface area contributed by atoms with Crippen LogP contribution in [0.1, 0.15) is 11.5 Å². The maximum absolute atomic E-state index is 13.0. The van der Waals surface area contributed by atoms with Gasteiger partial charge in [-0.25, -0.2) is 0 Å². The highest BCUT2D eigenvalue weighted by Gasteiger charge is 2.34. The number of hydrogen-bond donors (Lipinski definition) is 2. The molecule has 1 fully saturated rings. The molecule has 27 heavy (non-hydrogen) atoms. The number of nitrogens with zero attached hydrogens (tertiary/aromatic N) is 1. The Labute approximate surface area is 163 Å². The van der Waals surface area contributed by atoms with Crippen LogP contribution in [0.3, 0.4) is 0 Å². The Morgan fingerprint density at radius 2 is 1.81 bits per heavy atom. The first-order valence-electron chi connectivity index (χ1n) is 8.80. The molecule has 1 aromatic heterocycles. The van der Waals surface area contributed by atoms with Crippen molar-refractivity contribution in [2.75, 3.05) is 18.4 Å². The lowest BCUT2D eigenvalue weighted by Crippen LogP contribution is -2.28. The average Bonchev–Trinajstić information content (AvgIpc) is 3.16. The number of anilines is 1. The minimum atomic E-state index is -0.140. The highest BCUT2D eigenvalue weighted by molar-refractivity contribution is 6.03. The van der Waals surface area contributed by atoms with Gasteiger partial charge in [-0.1, -0.05) is 36.4 Å². The summed E-state index contributed by atoms with van der Waals surface area (Å²) in [6.07, 6.45) is 1.73. The number of rotatable bonds is 3. The Kier molecular flexibility index (Phi) is 5.63. The van der Waals surface area contributed by atoms with Gasteiger partial charge in [0.2, 0.25) is 5.91 Å². The van der Waals surface area contributed by atoms with Gasteiger partial charge in [-0.05, 0) is 23.8 Å². The number of carbonyl (C=O) groups is 1. The Balaban J connectivity index is 0.00000210. The number of amides is 1. The predicted octanol–water partition coefficient (Wildman–Crippen LogP) is 2.90. The van der Waals surface area contributed by atoms with Crippen LogP contribution in [0.4, 0.5) is 5.69 Å². The van der Waals surface area contributed by atoms with Gasteiger partial charge in [0.1, 0.15) is 0 Å². The van der Waals surface area contributed by atoms with Gasteiger partial charge in [0, 0.05) is 48.7 Å². The van der Waals surface area contributed by atoms with Crippen LogP contribution in [0, 0.1) is 5.92 Å². The molecule has 2 aromatic carbocycles. The van der Waals surface area contributed by atoms with E-state index >= 15 is 0 Å². The van der Waals surface area contributed by atoms with Crippen molar-refractivity contribution < 1.29 is 4.79 Å². The third-order valence-corrected chi connectivity index (χ3v) is 5.16. The van der Waals surface area contributed by atoms with Gasteiger partial charge in [0.15, 0.2) is 0 Å². The van der Waals surface area contributed by atoms with Crippen LogP contribution in [0.15, 0.2) is 65.6 Å². The molecular formula is C21H22ClN3O2. The highest BCUT2D eigenvalue weighted by atomic mass is 35.5. The fraction of sp³-hybridized carbons (Fsp3) is 0.238. The second kappa shape index (κ2) is 7.94. The summed E-state index contributed by atoms with van der Waals surface area (Å²) >= 11 is 0. The van der Waals surface area contributed by atoms with Crippen molar-refractivity contribution in [3.05, 3.63) is 76.7 Å². The first kappa shape index (κ1) is 19.1. The van der Waals surface area contributed by atoms with Gasteiger partial charge < -0.3 is 15.2 Å². The van der Waals surface area contributed by atoms with Gasteiger partial charge in [-0.15, -0.1) is 12.4 Å². The number of nitrogens with one attached hydrogen (secondary N) is 2. The average molecular weight is 384 g/mol. The molecule has 0 aliphatic carbocycles. The number of carbonyl (C=O) groups excluding carboxylic acids is 1. The van der Waals surface area contributed by atoms with Crippen molar-refractivity contribution in [3.8, 4) is 0 Å². The zero-order chi connectivity index (χ0) is 18.1. The largest absolute Gasteiger partial charge is 0.325 e. The van der Waals surface area contributed by atoms with Gasteiger partial charge in [-0.3, -0.25) is 9.59 Å². The normalized spacial score (nSPS) is 18.9. The van der Waals surface area contributed by atoms with Crippen LogP contribution >= 0.6 is 12.4 Å². The van der Waals surface area contributed by atoms with E-state index in [9.17, 15) is 9.59 Å². The molecule has 2 heterocycles. The standard InChI is InChI=1S/C21H21N3O2.ClH/c1-24-11-10-15-16(21(24)26)8-5-9-19(15)23-20(25)18-13-22-12-17(18)14-6-3-2-4-7-14;/h2-11,17-18,22H,12-13H2,1H3,(H,23,25);1H.